The molecule has 0 saturated carbocycles. The summed E-state index contributed by atoms with van der Waals surface area (Å²) in [5, 5.41) is 1.16. The van der Waals surface area contributed by atoms with Crippen molar-refractivity contribution in [2.75, 3.05) is 0 Å². The average molecular weight is 217 g/mol. The summed E-state index contributed by atoms with van der Waals surface area (Å²) in [5.74, 6) is 0.872. The van der Waals surface area contributed by atoms with Crippen molar-refractivity contribution in [1.82, 2.24) is 0 Å². The highest BCUT2D eigenvalue weighted by molar-refractivity contribution is 5.81. The number of fused-ring (bicyclic) bond motifs is 1. The van der Waals surface area contributed by atoms with Crippen LogP contribution in [0.25, 0.3) is 11.0 Å². The minimum Gasteiger partial charge on any atom is -0.459 e. The Labute approximate surface area is 96.4 Å². The maximum Gasteiger partial charge on any atom is 0.134 e. The minimum atomic E-state index is -0.0701. The molecule has 0 radical (unpaired) electrons. The van der Waals surface area contributed by atoms with Crippen molar-refractivity contribution in [3.8, 4) is 0 Å². The summed E-state index contributed by atoms with van der Waals surface area (Å²) >= 11 is 0. The summed E-state index contributed by atoms with van der Waals surface area (Å²) in [4.78, 5) is 0. The van der Waals surface area contributed by atoms with E-state index in [1.54, 1.807) is 0 Å². The lowest BCUT2D eigenvalue weighted by atomic mass is 9.86. The van der Waals surface area contributed by atoms with Crippen LogP contribution in [0.5, 0.6) is 0 Å². The Morgan fingerprint density at radius 1 is 1.25 bits per heavy atom. The van der Waals surface area contributed by atoms with Crippen LogP contribution in [0, 0.1) is 12.3 Å². The standard InChI is InChI=1S/C14H19NO/c1-9-6-5-7-11-10(9)8-12(16-11)13(15)14(2,3)4/h5-8,13H,15H2,1-4H3. The molecule has 16 heavy (non-hydrogen) atoms. The van der Waals surface area contributed by atoms with Crippen molar-refractivity contribution in [2.24, 2.45) is 11.1 Å². The lowest BCUT2D eigenvalue weighted by molar-refractivity contribution is 0.290. The van der Waals surface area contributed by atoms with Gasteiger partial charge < -0.3 is 10.2 Å². The molecule has 2 N–H and O–H groups in total. The van der Waals surface area contributed by atoms with E-state index in [9.17, 15) is 0 Å². The molecule has 0 aliphatic carbocycles. The minimum absolute atomic E-state index is 0.0157. The van der Waals surface area contributed by atoms with Gasteiger partial charge in [0.2, 0.25) is 0 Å². The van der Waals surface area contributed by atoms with Crippen LogP contribution in [-0.2, 0) is 0 Å². The van der Waals surface area contributed by atoms with Crippen molar-refractivity contribution in [3.05, 3.63) is 35.6 Å². The van der Waals surface area contributed by atoms with Crippen LogP contribution in [-0.4, -0.2) is 0 Å². The lowest BCUT2D eigenvalue weighted by Crippen LogP contribution is -2.25. The maximum atomic E-state index is 6.19. The first kappa shape index (κ1) is 11.2. The number of hydrogen-bond acceptors (Lipinski definition) is 2. The fourth-order valence-corrected chi connectivity index (χ4v) is 1.81. The van der Waals surface area contributed by atoms with Gasteiger partial charge in [-0.05, 0) is 30.0 Å². The molecule has 1 atom stereocenters. The van der Waals surface area contributed by atoms with Gasteiger partial charge in [0.1, 0.15) is 11.3 Å². The molecule has 0 aliphatic heterocycles. The first-order valence-electron chi connectivity index (χ1n) is 5.64. The molecular weight excluding hydrogens is 198 g/mol. The van der Waals surface area contributed by atoms with E-state index >= 15 is 0 Å². The normalized spacial score (nSPS) is 14.3. The molecule has 0 spiro atoms. The van der Waals surface area contributed by atoms with Crippen LogP contribution < -0.4 is 5.73 Å². The molecule has 2 rings (SSSR count). The summed E-state index contributed by atoms with van der Waals surface area (Å²) in [6.45, 7) is 8.46. The molecule has 0 amide bonds. The molecule has 2 nitrogen and oxygen atoms in total. The highest BCUT2D eigenvalue weighted by atomic mass is 16.3. The smallest absolute Gasteiger partial charge is 0.134 e. The van der Waals surface area contributed by atoms with E-state index in [4.69, 9.17) is 10.2 Å². The Hall–Kier alpha value is -1.28. The highest BCUT2D eigenvalue weighted by Gasteiger charge is 2.25. The molecule has 0 bridgehead atoms. The van der Waals surface area contributed by atoms with Crippen LogP contribution in [0.15, 0.2) is 28.7 Å². The zero-order chi connectivity index (χ0) is 11.9. The molecule has 0 fully saturated rings. The van der Waals surface area contributed by atoms with Crippen LogP contribution in [0.3, 0.4) is 0 Å². The third-order valence-electron chi connectivity index (χ3n) is 3.04. The largest absolute Gasteiger partial charge is 0.459 e. The van der Waals surface area contributed by atoms with Gasteiger partial charge in [-0.1, -0.05) is 32.9 Å². The zero-order valence-electron chi connectivity index (χ0n) is 10.4. The van der Waals surface area contributed by atoms with E-state index in [1.165, 1.54) is 5.56 Å². The van der Waals surface area contributed by atoms with Crippen molar-refractivity contribution < 1.29 is 4.42 Å². The van der Waals surface area contributed by atoms with Gasteiger partial charge in [0.05, 0.1) is 6.04 Å². The topological polar surface area (TPSA) is 39.2 Å². The number of hydrogen-bond donors (Lipinski definition) is 1. The summed E-state index contributed by atoms with van der Waals surface area (Å²) in [6, 6.07) is 8.08. The number of furan rings is 1. The molecule has 1 heterocycles. The Morgan fingerprint density at radius 2 is 1.94 bits per heavy atom. The molecule has 86 valence electrons. The van der Waals surface area contributed by atoms with E-state index in [2.05, 4.69) is 39.8 Å². The molecule has 2 heteroatoms. The second-order valence-corrected chi connectivity index (χ2v) is 5.48. The number of benzene rings is 1. The van der Waals surface area contributed by atoms with Gasteiger partial charge in [0.15, 0.2) is 0 Å². The molecule has 2 aromatic rings. The Balaban J connectivity index is 2.52. The van der Waals surface area contributed by atoms with Crippen molar-refractivity contribution in [3.63, 3.8) is 0 Å². The first-order valence-corrected chi connectivity index (χ1v) is 5.64. The number of aryl methyl sites for hydroxylation is 1. The fraction of sp³-hybridized carbons (Fsp3) is 0.429. The predicted octanol–water partition coefficient (Wildman–Crippen LogP) is 3.79. The van der Waals surface area contributed by atoms with E-state index in [1.807, 2.05) is 12.1 Å². The van der Waals surface area contributed by atoms with Crippen LogP contribution in [0.4, 0.5) is 0 Å². The summed E-state index contributed by atoms with van der Waals surface area (Å²) < 4.78 is 5.81. The van der Waals surface area contributed by atoms with E-state index in [-0.39, 0.29) is 11.5 Å². The van der Waals surface area contributed by atoms with Crippen LogP contribution in [0.1, 0.15) is 38.1 Å². The average Bonchev–Trinajstić information content (AvgIpc) is 2.60. The maximum absolute atomic E-state index is 6.19. The third-order valence-corrected chi connectivity index (χ3v) is 3.04. The quantitative estimate of drug-likeness (QED) is 0.789. The Kier molecular flexibility index (Phi) is 2.55. The monoisotopic (exact) mass is 217 g/mol. The van der Waals surface area contributed by atoms with Crippen LogP contribution in [0.2, 0.25) is 0 Å². The molecule has 1 unspecified atom stereocenters. The zero-order valence-corrected chi connectivity index (χ0v) is 10.4. The summed E-state index contributed by atoms with van der Waals surface area (Å²) in [6.07, 6.45) is 0. The van der Waals surface area contributed by atoms with Crippen molar-refractivity contribution in [1.29, 1.82) is 0 Å². The number of rotatable bonds is 1. The molecule has 0 saturated heterocycles. The highest BCUT2D eigenvalue weighted by Crippen LogP contribution is 2.34. The van der Waals surface area contributed by atoms with Gasteiger partial charge >= 0.3 is 0 Å². The van der Waals surface area contributed by atoms with Gasteiger partial charge in [-0.3, -0.25) is 0 Å². The van der Waals surface area contributed by atoms with Gasteiger partial charge in [-0.15, -0.1) is 0 Å². The second kappa shape index (κ2) is 3.63. The summed E-state index contributed by atoms with van der Waals surface area (Å²) in [7, 11) is 0. The van der Waals surface area contributed by atoms with Crippen molar-refractivity contribution in [2.45, 2.75) is 33.7 Å². The third kappa shape index (κ3) is 1.85. The van der Waals surface area contributed by atoms with E-state index in [0.29, 0.717) is 0 Å². The molecular formula is C14H19NO. The van der Waals surface area contributed by atoms with Gasteiger partial charge in [-0.25, -0.2) is 0 Å². The van der Waals surface area contributed by atoms with Gasteiger partial charge in [0.25, 0.3) is 0 Å². The Morgan fingerprint density at radius 3 is 2.50 bits per heavy atom. The van der Waals surface area contributed by atoms with E-state index < -0.39 is 0 Å². The van der Waals surface area contributed by atoms with Crippen molar-refractivity contribution >= 4 is 11.0 Å². The molecule has 1 aromatic carbocycles. The lowest BCUT2D eigenvalue weighted by Gasteiger charge is -2.24. The van der Waals surface area contributed by atoms with E-state index in [0.717, 1.165) is 16.7 Å². The molecule has 0 aliphatic rings. The summed E-state index contributed by atoms with van der Waals surface area (Å²) in [5.41, 5.74) is 8.36. The number of nitrogens with two attached hydrogens (primary N) is 1. The van der Waals surface area contributed by atoms with Gasteiger partial charge in [-0.2, -0.15) is 0 Å². The van der Waals surface area contributed by atoms with Crippen LogP contribution >= 0.6 is 0 Å². The SMILES string of the molecule is Cc1cccc2oc(C(N)C(C)(C)C)cc12. The fourth-order valence-electron chi connectivity index (χ4n) is 1.81. The first-order chi connectivity index (χ1) is 7.39. The van der Waals surface area contributed by atoms with Gasteiger partial charge in [0, 0.05) is 5.39 Å². The molecule has 1 aromatic heterocycles. The predicted molar refractivity (Wildman–Crippen MR) is 67.3 cm³/mol. The Bertz CT molecular complexity index is 505. The second-order valence-electron chi connectivity index (χ2n) is 5.48.